The van der Waals surface area contributed by atoms with E-state index in [2.05, 4.69) is 9.24 Å². The highest BCUT2D eigenvalue weighted by atomic mass is 31.0. The van der Waals surface area contributed by atoms with Gasteiger partial charge in [0.1, 0.15) is 17.7 Å². The summed E-state index contributed by atoms with van der Waals surface area (Å²) in [7, 11) is 2.66. The van der Waals surface area contributed by atoms with Gasteiger partial charge in [0.2, 0.25) is 0 Å². The van der Waals surface area contributed by atoms with E-state index in [-0.39, 0.29) is 5.56 Å². The molecule has 0 N–H and O–H groups in total. The normalized spacial score (nSPS) is 10.5. The first-order valence-corrected chi connectivity index (χ1v) is 7.93. The maximum atomic E-state index is 14.6. The number of nitrogens with zero attached hydrogens (tertiary/aromatic N) is 1. The van der Waals surface area contributed by atoms with E-state index in [1.807, 2.05) is 31.2 Å². The van der Waals surface area contributed by atoms with Crippen LogP contribution < -0.4 is 5.30 Å². The third-order valence-electron chi connectivity index (χ3n) is 3.89. The Morgan fingerprint density at radius 2 is 1.46 bits per heavy atom. The third kappa shape index (κ3) is 3.07. The Hall–Kier alpha value is -2.56. The van der Waals surface area contributed by atoms with Crippen LogP contribution in [0.1, 0.15) is 11.1 Å². The molecule has 1 unspecified atom stereocenters. The van der Waals surface area contributed by atoms with Crippen molar-refractivity contribution in [3.05, 3.63) is 77.4 Å². The van der Waals surface area contributed by atoms with Crippen molar-refractivity contribution in [2.24, 2.45) is 0 Å². The lowest BCUT2D eigenvalue weighted by Gasteiger charge is -2.10. The van der Waals surface area contributed by atoms with Crippen LogP contribution in [0.2, 0.25) is 0 Å². The van der Waals surface area contributed by atoms with Gasteiger partial charge in [0.25, 0.3) is 0 Å². The molecule has 0 saturated carbocycles. The summed E-state index contributed by atoms with van der Waals surface area (Å²) in [6.45, 7) is 2.00. The average molecular weight is 337 g/mol. The van der Waals surface area contributed by atoms with Crippen molar-refractivity contribution in [3.8, 4) is 28.3 Å². The topological polar surface area (TPSA) is 23.8 Å². The molecule has 3 aromatic rings. The zero-order valence-corrected chi connectivity index (χ0v) is 14.1. The van der Waals surface area contributed by atoms with Crippen LogP contribution in [0.15, 0.2) is 54.6 Å². The smallest absolute Gasteiger partial charge is 0.141 e. The van der Waals surface area contributed by atoms with Gasteiger partial charge in [0.05, 0.1) is 5.56 Å². The van der Waals surface area contributed by atoms with Gasteiger partial charge in [-0.1, -0.05) is 42.0 Å². The van der Waals surface area contributed by atoms with Gasteiger partial charge in [0, 0.05) is 5.56 Å². The van der Waals surface area contributed by atoms with Crippen LogP contribution >= 0.6 is 9.24 Å². The molecule has 118 valence electrons. The van der Waals surface area contributed by atoms with Gasteiger partial charge in [-0.15, -0.1) is 9.24 Å². The number of halogens is 2. The minimum Gasteiger partial charge on any atom is -0.206 e. The highest BCUT2D eigenvalue weighted by molar-refractivity contribution is 7.28. The molecule has 3 aromatic carbocycles. The summed E-state index contributed by atoms with van der Waals surface area (Å²) in [6.07, 6.45) is 0. The molecule has 0 aliphatic heterocycles. The average Bonchev–Trinajstić information content (AvgIpc) is 2.54. The molecule has 0 bridgehead atoms. The summed E-state index contributed by atoms with van der Waals surface area (Å²) in [6, 6.07) is 16.7. The molecule has 0 saturated heterocycles. The van der Waals surface area contributed by atoms with E-state index >= 15 is 0 Å². The molecule has 0 radical (unpaired) electrons. The van der Waals surface area contributed by atoms with Gasteiger partial charge in [-0.25, -0.2) is 8.78 Å². The molecule has 0 amide bonds. The largest absolute Gasteiger partial charge is 0.206 e. The van der Waals surface area contributed by atoms with E-state index < -0.39 is 11.6 Å². The molecule has 4 heteroatoms. The van der Waals surface area contributed by atoms with Gasteiger partial charge >= 0.3 is 0 Å². The zero-order valence-electron chi connectivity index (χ0n) is 13.0. The van der Waals surface area contributed by atoms with Gasteiger partial charge in [-0.2, -0.15) is 5.26 Å². The first kappa shape index (κ1) is 16.3. The standard InChI is InChI=1S/C20H14F2NP/c1-12-2-6-17(20(24)8-12)14-5-7-16(19(22)10-14)13-3-4-15(11-23)18(21)9-13/h2-10H,24H2,1H3. The zero-order chi connectivity index (χ0) is 17.3. The molecular formula is C20H14F2NP. The SMILES string of the molecule is Cc1ccc(-c2ccc(-c3ccc(C#N)c(F)c3)c(F)c2)c(P)c1. The van der Waals surface area contributed by atoms with E-state index in [1.165, 1.54) is 18.2 Å². The Bertz CT molecular complexity index is 974. The third-order valence-corrected chi connectivity index (χ3v) is 4.37. The molecule has 0 heterocycles. The molecule has 0 spiro atoms. The van der Waals surface area contributed by atoms with Crippen LogP contribution in [0.3, 0.4) is 0 Å². The predicted octanol–water partition coefficient (Wildman–Crippen LogP) is 4.98. The van der Waals surface area contributed by atoms with E-state index in [0.29, 0.717) is 11.1 Å². The number of hydrogen-bond acceptors (Lipinski definition) is 1. The lowest BCUT2D eigenvalue weighted by atomic mass is 9.98. The Balaban J connectivity index is 2.04. The first-order valence-electron chi connectivity index (χ1n) is 7.35. The van der Waals surface area contributed by atoms with Gasteiger partial charge in [-0.3, -0.25) is 0 Å². The van der Waals surface area contributed by atoms with Crippen molar-refractivity contribution >= 4 is 14.5 Å². The molecule has 0 aliphatic rings. The lowest BCUT2D eigenvalue weighted by Crippen LogP contribution is -1.98. The molecule has 0 aliphatic carbocycles. The Labute approximate surface area is 141 Å². The number of benzene rings is 3. The number of hydrogen-bond donors (Lipinski definition) is 0. The highest BCUT2D eigenvalue weighted by Gasteiger charge is 2.11. The van der Waals surface area contributed by atoms with E-state index in [9.17, 15) is 8.78 Å². The number of aryl methyl sites for hydroxylation is 1. The van der Waals surface area contributed by atoms with E-state index in [0.717, 1.165) is 22.0 Å². The molecule has 0 fully saturated rings. The molecule has 1 atom stereocenters. The van der Waals surface area contributed by atoms with Gasteiger partial charge in [0.15, 0.2) is 0 Å². The summed E-state index contributed by atoms with van der Waals surface area (Å²) >= 11 is 0. The molecular weight excluding hydrogens is 323 g/mol. The van der Waals surface area contributed by atoms with Crippen LogP contribution in [-0.2, 0) is 0 Å². The molecule has 3 rings (SSSR count). The summed E-state index contributed by atoms with van der Waals surface area (Å²) in [4.78, 5) is 0. The molecule has 0 aromatic heterocycles. The van der Waals surface area contributed by atoms with Crippen molar-refractivity contribution in [1.82, 2.24) is 0 Å². The quantitative estimate of drug-likeness (QED) is 0.605. The second-order valence-electron chi connectivity index (χ2n) is 5.59. The monoisotopic (exact) mass is 337 g/mol. The van der Waals surface area contributed by atoms with Crippen LogP contribution in [0.5, 0.6) is 0 Å². The fourth-order valence-electron chi connectivity index (χ4n) is 2.64. The van der Waals surface area contributed by atoms with Crippen molar-refractivity contribution < 1.29 is 8.78 Å². The van der Waals surface area contributed by atoms with Crippen LogP contribution in [0.25, 0.3) is 22.3 Å². The van der Waals surface area contributed by atoms with Crippen molar-refractivity contribution in [2.75, 3.05) is 0 Å². The fourth-order valence-corrected chi connectivity index (χ4v) is 3.16. The minimum atomic E-state index is -0.649. The molecule has 24 heavy (non-hydrogen) atoms. The van der Waals surface area contributed by atoms with Crippen LogP contribution in [-0.4, -0.2) is 0 Å². The van der Waals surface area contributed by atoms with Crippen LogP contribution in [0.4, 0.5) is 8.78 Å². The molecule has 1 nitrogen and oxygen atoms in total. The second-order valence-corrected chi connectivity index (χ2v) is 6.21. The maximum absolute atomic E-state index is 14.6. The van der Waals surface area contributed by atoms with Gasteiger partial charge in [-0.05, 0) is 47.1 Å². The van der Waals surface area contributed by atoms with Crippen molar-refractivity contribution in [1.29, 1.82) is 5.26 Å². The fraction of sp³-hybridized carbons (Fsp3) is 0.0500. The summed E-state index contributed by atoms with van der Waals surface area (Å²) in [5.74, 6) is -1.08. The summed E-state index contributed by atoms with van der Waals surface area (Å²) < 4.78 is 28.3. The number of rotatable bonds is 2. The van der Waals surface area contributed by atoms with Gasteiger partial charge < -0.3 is 0 Å². The Morgan fingerprint density at radius 1 is 0.833 bits per heavy atom. The lowest BCUT2D eigenvalue weighted by molar-refractivity contribution is 0.622. The van der Waals surface area contributed by atoms with E-state index in [4.69, 9.17) is 5.26 Å². The van der Waals surface area contributed by atoms with Crippen molar-refractivity contribution in [2.45, 2.75) is 6.92 Å². The van der Waals surface area contributed by atoms with Crippen molar-refractivity contribution in [3.63, 3.8) is 0 Å². The Morgan fingerprint density at radius 3 is 2.08 bits per heavy atom. The highest BCUT2D eigenvalue weighted by Crippen LogP contribution is 2.29. The Kier molecular flexibility index (Phi) is 4.42. The first-order chi connectivity index (χ1) is 11.5. The number of nitriles is 1. The predicted molar refractivity (Wildman–Crippen MR) is 96.0 cm³/mol. The summed E-state index contributed by atoms with van der Waals surface area (Å²) in [5.41, 5.74) is 3.49. The second kappa shape index (κ2) is 6.51. The maximum Gasteiger partial charge on any atom is 0.141 e. The van der Waals surface area contributed by atoms with E-state index in [1.54, 1.807) is 18.2 Å². The van der Waals surface area contributed by atoms with Crippen LogP contribution in [0, 0.1) is 29.9 Å². The summed E-state index contributed by atoms with van der Waals surface area (Å²) in [5, 5.41) is 9.77. The minimum absolute atomic E-state index is 0.0527.